The molecule has 4 atom stereocenters. The highest BCUT2D eigenvalue weighted by Gasteiger charge is 2.44. The van der Waals surface area contributed by atoms with Gasteiger partial charge in [0.25, 0.3) is 0 Å². The van der Waals surface area contributed by atoms with Crippen LogP contribution in [0, 0.1) is 11.8 Å². The Morgan fingerprint density at radius 3 is 2.86 bits per heavy atom. The molecule has 22 heavy (non-hydrogen) atoms. The van der Waals surface area contributed by atoms with E-state index in [-0.39, 0.29) is 12.0 Å². The molecule has 0 radical (unpaired) electrons. The van der Waals surface area contributed by atoms with Crippen molar-refractivity contribution in [2.45, 2.75) is 18.4 Å². The van der Waals surface area contributed by atoms with Crippen LogP contribution in [0.3, 0.4) is 0 Å². The van der Waals surface area contributed by atoms with Gasteiger partial charge in [0, 0.05) is 34.6 Å². The number of para-hydroxylation sites is 1. The van der Waals surface area contributed by atoms with Crippen LogP contribution in [0.1, 0.15) is 18.2 Å². The first kappa shape index (κ1) is 12.2. The predicted octanol–water partition coefficient (Wildman–Crippen LogP) is 2.57. The van der Waals surface area contributed by atoms with Crippen LogP contribution in [0.25, 0.3) is 22.3 Å². The average molecular weight is 291 g/mol. The third kappa shape index (κ3) is 1.57. The number of hydrogen-bond donors (Lipinski definition) is 3. The summed E-state index contributed by atoms with van der Waals surface area (Å²) in [6, 6.07) is 8.35. The van der Waals surface area contributed by atoms with Gasteiger partial charge in [0.05, 0.1) is 0 Å². The van der Waals surface area contributed by atoms with Crippen molar-refractivity contribution >= 4 is 10.9 Å². The van der Waals surface area contributed by atoms with E-state index in [1.54, 1.807) is 0 Å². The van der Waals surface area contributed by atoms with E-state index in [1.165, 1.54) is 0 Å². The maximum Gasteiger partial charge on any atom is 0.183 e. The molecule has 2 aliphatic rings. The van der Waals surface area contributed by atoms with Crippen molar-refractivity contribution < 1.29 is 0 Å². The van der Waals surface area contributed by atoms with Gasteiger partial charge in [-0.05, 0) is 24.3 Å². The van der Waals surface area contributed by atoms with Crippen LogP contribution in [0.2, 0.25) is 0 Å². The molecule has 5 rings (SSSR count). The standard InChI is InChI=1S/C17H17N5/c18-15-10-6-5-9(7-10)14(15)17-20-16(21-22-17)12-8-19-13-4-2-1-3-11(12)13/h1-6,8-10,14-15,19H,7,18H2,(H,20,21,22)/t9-,10+,14-,15+/m1/s1. The Balaban J connectivity index is 1.56. The Hall–Kier alpha value is -2.40. The smallest absolute Gasteiger partial charge is 0.183 e. The number of rotatable bonds is 2. The number of H-pyrrole nitrogens is 2. The molecule has 0 unspecified atom stereocenters. The van der Waals surface area contributed by atoms with Gasteiger partial charge in [-0.1, -0.05) is 30.4 Å². The van der Waals surface area contributed by atoms with Crippen LogP contribution in [-0.4, -0.2) is 26.2 Å². The lowest BCUT2D eigenvalue weighted by atomic mass is 9.89. The minimum atomic E-state index is 0.152. The molecule has 5 heteroatoms. The molecule has 0 spiro atoms. The summed E-state index contributed by atoms with van der Waals surface area (Å²) >= 11 is 0. The Morgan fingerprint density at radius 2 is 2.00 bits per heavy atom. The normalized spacial score (nSPS) is 29.7. The van der Waals surface area contributed by atoms with E-state index in [4.69, 9.17) is 10.7 Å². The fourth-order valence-corrected chi connectivity index (χ4v) is 4.05. The number of nitrogens with zero attached hydrogens (tertiary/aromatic N) is 2. The average Bonchev–Trinajstić information content (AvgIpc) is 3.29. The second-order valence-corrected chi connectivity index (χ2v) is 6.34. The number of nitrogens with two attached hydrogens (primary N) is 1. The van der Waals surface area contributed by atoms with Crippen LogP contribution < -0.4 is 5.73 Å². The number of aromatic amines is 2. The topological polar surface area (TPSA) is 83.4 Å². The van der Waals surface area contributed by atoms with Crippen LogP contribution >= 0.6 is 0 Å². The SMILES string of the molecule is N[C@@H]1[C@H](c2nc(-c3c[nH]c4ccccc34)n[nH]2)[C@@H]2C=C[C@H]1C2. The van der Waals surface area contributed by atoms with Gasteiger partial charge in [-0.2, -0.15) is 5.10 Å². The second-order valence-electron chi connectivity index (χ2n) is 6.34. The van der Waals surface area contributed by atoms with Crippen LogP contribution in [-0.2, 0) is 0 Å². The number of hydrogen-bond acceptors (Lipinski definition) is 3. The number of fused-ring (bicyclic) bond motifs is 3. The third-order valence-corrected chi connectivity index (χ3v) is 5.17. The zero-order valence-corrected chi connectivity index (χ0v) is 12.0. The molecule has 3 aromatic rings. The molecule has 1 saturated carbocycles. The molecule has 1 aromatic carbocycles. The van der Waals surface area contributed by atoms with Gasteiger partial charge in [0.1, 0.15) is 5.82 Å². The van der Waals surface area contributed by atoms with E-state index in [0.29, 0.717) is 11.8 Å². The lowest BCUT2D eigenvalue weighted by molar-refractivity contribution is 0.484. The molecular formula is C17H17N5. The van der Waals surface area contributed by atoms with Crippen LogP contribution in [0.5, 0.6) is 0 Å². The number of benzene rings is 1. The Morgan fingerprint density at radius 1 is 1.14 bits per heavy atom. The first-order valence-electron chi connectivity index (χ1n) is 7.74. The summed E-state index contributed by atoms with van der Waals surface area (Å²) < 4.78 is 0. The second kappa shape index (κ2) is 4.30. The van der Waals surface area contributed by atoms with E-state index in [1.807, 2.05) is 18.3 Å². The maximum absolute atomic E-state index is 6.37. The Bertz CT molecular complexity index is 874. The summed E-state index contributed by atoms with van der Waals surface area (Å²) in [5.41, 5.74) is 8.50. The molecular weight excluding hydrogens is 274 g/mol. The van der Waals surface area contributed by atoms with Crippen molar-refractivity contribution in [1.29, 1.82) is 0 Å². The Labute approximate surface area is 127 Å². The highest BCUT2D eigenvalue weighted by atomic mass is 15.2. The fourth-order valence-electron chi connectivity index (χ4n) is 4.05. The highest BCUT2D eigenvalue weighted by Crippen LogP contribution is 2.47. The molecule has 5 nitrogen and oxygen atoms in total. The van der Waals surface area contributed by atoms with Gasteiger partial charge in [-0.25, -0.2) is 4.98 Å². The van der Waals surface area contributed by atoms with E-state index in [0.717, 1.165) is 34.5 Å². The van der Waals surface area contributed by atoms with Crippen molar-refractivity contribution in [3.05, 3.63) is 48.4 Å². The Kier molecular flexibility index (Phi) is 2.38. The van der Waals surface area contributed by atoms with Crippen LogP contribution in [0.15, 0.2) is 42.6 Å². The summed E-state index contributed by atoms with van der Waals surface area (Å²) in [5, 5.41) is 8.71. The van der Waals surface area contributed by atoms with E-state index < -0.39 is 0 Å². The van der Waals surface area contributed by atoms with E-state index in [2.05, 4.69) is 39.5 Å². The van der Waals surface area contributed by atoms with Crippen molar-refractivity contribution in [3.8, 4) is 11.4 Å². The molecule has 4 N–H and O–H groups in total. The minimum Gasteiger partial charge on any atom is -0.360 e. The van der Waals surface area contributed by atoms with E-state index in [9.17, 15) is 0 Å². The molecule has 0 saturated heterocycles. The zero-order valence-electron chi connectivity index (χ0n) is 12.0. The van der Waals surface area contributed by atoms with Gasteiger partial charge in [-0.3, -0.25) is 5.10 Å². The summed E-state index contributed by atoms with van der Waals surface area (Å²) in [4.78, 5) is 8.02. The monoisotopic (exact) mass is 291 g/mol. The summed E-state index contributed by atoms with van der Waals surface area (Å²) in [5.74, 6) is 2.93. The fraction of sp³-hybridized carbons (Fsp3) is 0.294. The molecule has 0 amide bonds. The lowest BCUT2D eigenvalue weighted by Gasteiger charge is -2.22. The molecule has 110 valence electrons. The first-order valence-corrected chi connectivity index (χ1v) is 7.74. The van der Waals surface area contributed by atoms with Gasteiger partial charge < -0.3 is 10.7 Å². The number of allylic oxidation sites excluding steroid dienone is 1. The molecule has 2 heterocycles. The molecule has 2 bridgehead atoms. The summed E-state index contributed by atoms with van der Waals surface area (Å²) in [6.07, 6.45) is 7.66. The van der Waals surface area contributed by atoms with Crippen molar-refractivity contribution in [2.24, 2.45) is 17.6 Å². The molecule has 1 fully saturated rings. The summed E-state index contributed by atoms with van der Waals surface area (Å²) in [6.45, 7) is 0. The van der Waals surface area contributed by atoms with Crippen LogP contribution in [0.4, 0.5) is 0 Å². The largest absolute Gasteiger partial charge is 0.360 e. The molecule has 2 aliphatic carbocycles. The minimum absolute atomic E-state index is 0.152. The zero-order chi connectivity index (χ0) is 14.7. The lowest BCUT2D eigenvalue weighted by Crippen LogP contribution is -2.32. The first-order chi connectivity index (χ1) is 10.8. The van der Waals surface area contributed by atoms with Crippen molar-refractivity contribution in [1.82, 2.24) is 20.2 Å². The van der Waals surface area contributed by atoms with Crippen molar-refractivity contribution in [2.75, 3.05) is 0 Å². The van der Waals surface area contributed by atoms with Crippen molar-refractivity contribution in [3.63, 3.8) is 0 Å². The van der Waals surface area contributed by atoms with Gasteiger partial charge >= 0.3 is 0 Å². The summed E-state index contributed by atoms with van der Waals surface area (Å²) in [7, 11) is 0. The third-order valence-electron chi connectivity index (χ3n) is 5.17. The van der Waals surface area contributed by atoms with Gasteiger partial charge in [0.15, 0.2) is 5.82 Å². The highest BCUT2D eigenvalue weighted by molar-refractivity contribution is 5.93. The van der Waals surface area contributed by atoms with E-state index >= 15 is 0 Å². The molecule has 0 aliphatic heterocycles. The molecule has 2 aromatic heterocycles. The quantitative estimate of drug-likeness (QED) is 0.634. The van der Waals surface area contributed by atoms with Gasteiger partial charge in [-0.15, -0.1) is 0 Å². The van der Waals surface area contributed by atoms with Gasteiger partial charge in [0.2, 0.25) is 0 Å². The predicted molar refractivity (Wildman–Crippen MR) is 85.1 cm³/mol. The number of nitrogens with one attached hydrogen (secondary N) is 2. The number of aromatic nitrogens is 4. The maximum atomic E-state index is 6.37.